The molecule has 0 spiro atoms. The van der Waals surface area contributed by atoms with Crippen LogP contribution in [0.5, 0.6) is 5.88 Å². The molecule has 2 aromatic heterocycles. The molecule has 0 fully saturated rings. The lowest BCUT2D eigenvalue weighted by atomic mass is 10.2. The zero-order valence-corrected chi connectivity index (χ0v) is 10.5. The quantitative estimate of drug-likeness (QED) is 0.873. The van der Waals surface area contributed by atoms with Gasteiger partial charge in [0.25, 0.3) is 5.91 Å². The lowest BCUT2D eigenvalue weighted by Crippen LogP contribution is -2.15. The number of amides is 1. The first-order chi connectivity index (χ1) is 9.61. The number of hydrogen-bond donors (Lipinski definition) is 2. The first-order valence-electron chi connectivity index (χ1n) is 5.61. The molecule has 2 aromatic rings. The third-order valence-electron chi connectivity index (χ3n) is 2.46. The topological polar surface area (TPSA) is 101 Å². The molecule has 0 aliphatic rings. The van der Waals surface area contributed by atoms with E-state index in [1.165, 1.54) is 31.6 Å². The number of rotatable bonds is 4. The Morgan fingerprint density at radius 3 is 2.75 bits per heavy atom. The Kier molecular flexibility index (Phi) is 3.90. The summed E-state index contributed by atoms with van der Waals surface area (Å²) in [5.41, 5.74) is 0.269. The van der Waals surface area contributed by atoms with E-state index in [0.717, 1.165) is 0 Å². The summed E-state index contributed by atoms with van der Waals surface area (Å²) in [7, 11) is 1.41. The maximum Gasteiger partial charge on any atom is 0.335 e. The number of nitrogens with one attached hydrogen (secondary N) is 1. The summed E-state index contributed by atoms with van der Waals surface area (Å²) in [4.78, 5) is 30.7. The Bertz CT molecular complexity index is 658. The van der Waals surface area contributed by atoms with Crippen LogP contribution in [-0.2, 0) is 0 Å². The third-order valence-corrected chi connectivity index (χ3v) is 2.46. The van der Waals surface area contributed by atoms with Gasteiger partial charge in [0.05, 0.1) is 12.7 Å². The highest BCUT2D eigenvalue weighted by Gasteiger charge is 2.14. The highest BCUT2D eigenvalue weighted by Crippen LogP contribution is 2.16. The Balaban J connectivity index is 2.23. The van der Waals surface area contributed by atoms with Gasteiger partial charge in [0, 0.05) is 12.4 Å². The number of carbonyl (C=O) groups excluding carboxylic acids is 1. The van der Waals surface area contributed by atoms with E-state index in [-0.39, 0.29) is 22.8 Å². The molecule has 0 aromatic carbocycles. The Morgan fingerprint density at radius 2 is 2.05 bits per heavy atom. The summed E-state index contributed by atoms with van der Waals surface area (Å²) in [6.45, 7) is 0. The number of nitrogens with zero attached hydrogens (tertiary/aromatic N) is 2. The third kappa shape index (κ3) is 2.89. The van der Waals surface area contributed by atoms with E-state index < -0.39 is 11.9 Å². The minimum atomic E-state index is -1.10. The van der Waals surface area contributed by atoms with Gasteiger partial charge in [0.2, 0.25) is 5.88 Å². The van der Waals surface area contributed by atoms with Gasteiger partial charge in [-0.05, 0) is 24.3 Å². The zero-order chi connectivity index (χ0) is 14.5. The molecule has 1 amide bonds. The van der Waals surface area contributed by atoms with E-state index in [4.69, 9.17) is 9.84 Å². The van der Waals surface area contributed by atoms with Gasteiger partial charge < -0.3 is 15.2 Å². The number of carboxylic acids is 1. The number of carboxylic acid groups (broad SMARTS) is 1. The van der Waals surface area contributed by atoms with Crippen molar-refractivity contribution in [2.75, 3.05) is 12.4 Å². The summed E-state index contributed by atoms with van der Waals surface area (Å²) >= 11 is 0. The van der Waals surface area contributed by atoms with Crippen LogP contribution in [0.15, 0.2) is 36.7 Å². The van der Waals surface area contributed by atoms with E-state index in [9.17, 15) is 9.59 Å². The molecule has 0 saturated carbocycles. The summed E-state index contributed by atoms with van der Waals surface area (Å²) in [5, 5.41) is 11.4. The summed E-state index contributed by atoms with van der Waals surface area (Å²) in [5.74, 6) is -1.26. The van der Waals surface area contributed by atoms with Crippen molar-refractivity contribution in [3.8, 4) is 5.88 Å². The van der Waals surface area contributed by atoms with E-state index >= 15 is 0 Å². The van der Waals surface area contributed by atoms with Gasteiger partial charge in [0.15, 0.2) is 0 Å². The molecular formula is C13H11N3O4. The molecule has 20 heavy (non-hydrogen) atoms. The maximum atomic E-state index is 12.1. The minimum absolute atomic E-state index is 0.0356. The average Bonchev–Trinajstić information content (AvgIpc) is 2.47. The van der Waals surface area contributed by atoms with E-state index in [2.05, 4.69) is 15.3 Å². The molecule has 0 unspecified atom stereocenters. The van der Waals surface area contributed by atoms with Gasteiger partial charge in [-0.1, -0.05) is 0 Å². The van der Waals surface area contributed by atoms with Crippen molar-refractivity contribution in [2.24, 2.45) is 0 Å². The lowest BCUT2D eigenvalue weighted by molar-refractivity contribution is 0.0696. The fourth-order valence-corrected chi connectivity index (χ4v) is 1.54. The van der Waals surface area contributed by atoms with Crippen LogP contribution in [0.1, 0.15) is 20.7 Å². The molecular weight excluding hydrogens is 262 g/mol. The van der Waals surface area contributed by atoms with Crippen molar-refractivity contribution in [3.05, 3.63) is 47.8 Å². The second-order valence-corrected chi connectivity index (χ2v) is 3.75. The standard InChI is InChI=1S/C13H11N3O4/c1-20-12-9(3-2-5-15-12)11(17)16-10-7-8(13(18)19)4-6-14-10/h2-7H,1H3,(H,18,19)(H,14,16,17). The molecule has 0 saturated heterocycles. The van der Waals surface area contributed by atoms with Crippen LogP contribution >= 0.6 is 0 Å². The predicted molar refractivity (Wildman–Crippen MR) is 69.9 cm³/mol. The highest BCUT2D eigenvalue weighted by molar-refractivity contribution is 6.05. The number of ether oxygens (including phenoxy) is 1. The molecule has 0 aliphatic carbocycles. The molecule has 7 nitrogen and oxygen atoms in total. The van der Waals surface area contributed by atoms with Crippen LogP contribution in [0.2, 0.25) is 0 Å². The van der Waals surface area contributed by atoms with Gasteiger partial charge in [0.1, 0.15) is 11.4 Å². The molecule has 0 radical (unpaired) electrons. The SMILES string of the molecule is COc1ncccc1C(=O)Nc1cc(C(=O)O)ccn1. The van der Waals surface area contributed by atoms with Crippen molar-refractivity contribution >= 4 is 17.7 Å². The number of pyridine rings is 2. The van der Waals surface area contributed by atoms with E-state index in [1.807, 2.05) is 0 Å². The molecule has 7 heteroatoms. The van der Waals surface area contributed by atoms with Crippen LogP contribution in [0, 0.1) is 0 Å². The summed E-state index contributed by atoms with van der Waals surface area (Å²) < 4.78 is 4.98. The Morgan fingerprint density at radius 1 is 1.25 bits per heavy atom. The zero-order valence-electron chi connectivity index (χ0n) is 10.5. The fourth-order valence-electron chi connectivity index (χ4n) is 1.54. The number of aromatic nitrogens is 2. The van der Waals surface area contributed by atoms with Gasteiger partial charge in [-0.15, -0.1) is 0 Å². The fraction of sp³-hybridized carbons (Fsp3) is 0.0769. The van der Waals surface area contributed by atoms with Crippen LogP contribution in [-0.4, -0.2) is 34.1 Å². The molecule has 2 N–H and O–H groups in total. The number of anilines is 1. The first kappa shape index (κ1) is 13.5. The summed E-state index contributed by atoms with van der Waals surface area (Å²) in [6, 6.07) is 5.74. The number of carbonyl (C=O) groups is 2. The van der Waals surface area contributed by atoms with Gasteiger partial charge in [-0.25, -0.2) is 14.8 Å². The number of hydrogen-bond acceptors (Lipinski definition) is 5. The van der Waals surface area contributed by atoms with E-state index in [0.29, 0.717) is 0 Å². The first-order valence-corrected chi connectivity index (χ1v) is 5.61. The number of methoxy groups -OCH3 is 1. The van der Waals surface area contributed by atoms with Crippen LogP contribution < -0.4 is 10.1 Å². The van der Waals surface area contributed by atoms with Crippen molar-refractivity contribution in [3.63, 3.8) is 0 Å². The van der Waals surface area contributed by atoms with E-state index in [1.54, 1.807) is 12.1 Å². The van der Waals surface area contributed by atoms with Crippen LogP contribution in [0.25, 0.3) is 0 Å². The van der Waals surface area contributed by atoms with Gasteiger partial charge >= 0.3 is 5.97 Å². The average molecular weight is 273 g/mol. The normalized spacial score (nSPS) is 9.85. The van der Waals surface area contributed by atoms with Gasteiger partial charge in [-0.2, -0.15) is 0 Å². The smallest absolute Gasteiger partial charge is 0.335 e. The molecule has 0 atom stereocenters. The van der Waals surface area contributed by atoms with Crippen molar-refractivity contribution < 1.29 is 19.4 Å². The van der Waals surface area contributed by atoms with Crippen LogP contribution in [0.4, 0.5) is 5.82 Å². The predicted octanol–water partition coefficient (Wildman–Crippen LogP) is 1.44. The minimum Gasteiger partial charge on any atom is -0.480 e. The molecule has 2 heterocycles. The Hall–Kier alpha value is -2.96. The Labute approximate surface area is 114 Å². The summed E-state index contributed by atoms with van der Waals surface area (Å²) in [6.07, 6.45) is 2.80. The highest BCUT2D eigenvalue weighted by atomic mass is 16.5. The van der Waals surface area contributed by atoms with Crippen molar-refractivity contribution in [1.29, 1.82) is 0 Å². The molecule has 102 valence electrons. The molecule has 0 bridgehead atoms. The monoisotopic (exact) mass is 273 g/mol. The largest absolute Gasteiger partial charge is 0.480 e. The number of aromatic carboxylic acids is 1. The maximum absolute atomic E-state index is 12.1. The van der Waals surface area contributed by atoms with Crippen molar-refractivity contribution in [2.45, 2.75) is 0 Å². The second kappa shape index (κ2) is 5.79. The second-order valence-electron chi connectivity index (χ2n) is 3.75. The molecule has 2 rings (SSSR count). The van der Waals surface area contributed by atoms with Crippen molar-refractivity contribution in [1.82, 2.24) is 9.97 Å². The molecule has 0 aliphatic heterocycles. The van der Waals surface area contributed by atoms with Gasteiger partial charge in [-0.3, -0.25) is 4.79 Å². The lowest BCUT2D eigenvalue weighted by Gasteiger charge is -2.07. The van der Waals surface area contributed by atoms with Crippen LogP contribution in [0.3, 0.4) is 0 Å².